The fourth-order valence-electron chi connectivity index (χ4n) is 2.42. The third kappa shape index (κ3) is 3.87. The maximum absolute atomic E-state index is 4.13. The average Bonchev–Trinajstić information content (AvgIpc) is 2.79. The summed E-state index contributed by atoms with van der Waals surface area (Å²) in [6.07, 6.45) is 3.74. The summed E-state index contributed by atoms with van der Waals surface area (Å²) in [4.78, 5) is 2.59. The maximum atomic E-state index is 4.13. The fraction of sp³-hybridized carbons (Fsp3) is 0.923. The van der Waals surface area contributed by atoms with Gasteiger partial charge in [-0.3, -0.25) is 0 Å². The quantitative estimate of drug-likeness (QED) is 0.742. The van der Waals surface area contributed by atoms with E-state index in [4.69, 9.17) is 0 Å². The lowest BCUT2D eigenvalue weighted by Crippen LogP contribution is -2.38. The number of piperidine rings is 1. The van der Waals surface area contributed by atoms with Crippen LogP contribution in [-0.2, 0) is 0 Å². The van der Waals surface area contributed by atoms with Gasteiger partial charge >= 0.3 is 0 Å². The molecule has 0 spiro atoms. The zero-order valence-electron chi connectivity index (χ0n) is 11.3. The van der Waals surface area contributed by atoms with Gasteiger partial charge in [-0.25, -0.2) is 0 Å². The van der Waals surface area contributed by atoms with Gasteiger partial charge in [-0.1, -0.05) is 20.8 Å². The van der Waals surface area contributed by atoms with E-state index in [0.29, 0.717) is 11.3 Å². The molecule has 0 aromatic heterocycles. The van der Waals surface area contributed by atoms with E-state index >= 15 is 0 Å². The van der Waals surface area contributed by atoms with Crippen molar-refractivity contribution in [3.8, 4) is 0 Å². The van der Waals surface area contributed by atoms with Crippen LogP contribution in [0.25, 0.3) is 0 Å². The molecule has 96 valence electrons. The van der Waals surface area contributed by atoms with Gasteiger partial charge in [0, 0.05) is 5.92 Å². The van der Waals surface area contributed by atoms with Gasteiger partial charge in [0.1, 0.15) is 6.54 Å². The SMILES string of the molecule is CC(C)(C)CCN1CCC(C2=NN=NC2)CC1. The normalized spacial score (nSPS) is 23.1. The van der Waals surface area contributed by atoms with Gasteiger partial charge in [-0.05, 0) is 49.5 Å². The van der Waals surface area contributed by atoms with Crippen LogP contribution in [0.1, 0.15) is 40.0 Å². The van der Waals surface area contributed by atoms with Crippen LogP contribution in [0.2, 0.25) is 0 Å². The highest BCUT2D eigenvalue weighted by atomic mass is 15.4. The highest BCUT2D eigenvalue weighted by molar-refractivity contribution is 5.89. The summed E-state index contributed by atoms with van der Waals surface area (Å²) >= 11 is 0. The van der Waals surface area contributed by atoms with E-state index < -0.39 is 0 Å². The standard InChI is InChI=1S/C13H24N4/c1-13(2,3)6-9-17-7-4-11(5-8-17)12-10-14-16-15-12/h11H,4-10H2,1-3H3. The molecular weight excluding hydrogens is 212 g/mol. The molecule has 2 aliphatic rings. The lowest BCUT2D eigenvalue weighted by molar-refractivity contribution is 0.182. The minimum atomic E-state index is 0.449. The molecule has 2 heterocycles. The van der Waals surface area contributed by atoms with Gasteiger partial charge in [0.15, 0.2) is 0 Å². The molecule has 4 heteroatoms. The Bertz CT molecular complexity index is 306. The zero-order chi connectivity index (χ0) is 12.3. The van der Waals surface area contributed by atoms with Gasteiger partial charge in [-0.15, -0.1) is 5.10 Å². The molecule has 1 saturated heterocycles. The summed E-state index contributed by atoms with van der Waals surface area (Å²) in [6, 6.07) is 0. The van der Waals surface area contributed by atoms with Crippen molar-refractivity contribution in [2.45, 2.75) is 40.0 Å². The fourth-order valence-corrected chi connectivity index (χ4v) is 2.42. The number of likely N-dealkylation sites (tertiary alicyclic amines) is 1. The van der Waals surface area contributed by atoms with Crippen molar-refractivity contribution >= 4 is 5.71 Å². The van der Waals surface area contributed by atoms with E-state index in [2.05, 4.69) is 41.1 Å². The Balaban J connectivity index is 1.71. The van der Waals surface area contributed by atoms with Crippen molar-refractivity contribution in [1.29, 1.82) is 0 Å². The van der Waals surface area contributed by atoms with Gasteiger partial charge in [0.05, 0.1) is 5.71 Å². The zero-order valence-corrected chi connectivity index (χ0v) is 11.3. The van der Waals surface area contributed by atoms with E-state index in [1.807, 2.05) is 0 Å². The molecule has 0 atom stereocenters. The molecule has 4 nitrogen and oxygen atoms in total. The summed E-state index contributed by atoms with van der Waals surface area (Å²) in [6.45, 7) is 11.3. The van der Waals surface area contributed by atoms with E-state index in [-0.39, 0.29) is 0 Å². The molecule has 0 aromatic carbocycles. The Kier molecular flexibility index (Phi) is 3.92. The van der Waals surface area contributed by atoms with E-state index in [1.54, 1.807) is 0 Å². The number of rotatable bonds is 3. The molecule has 0 aromatic rings. The first-order valence-corrected chi connectivity index (χ1v) is 6.70. The van der Waals surface area contributed by atoms with Crippen molar-refractivity contribution in [2.24, 2.45) is 26.8 Å². The van der Waals surface area contributed by atoms with Gasteiger partial charge < -0.3 is 4.90 Å². The summed E-state index contributed by atoms with van der Waals surface area (Å²) in [5.74, 6) is 0.635. The van der Waals surface area contributed by atoms with Crippen LogP contribution >= 0.6 is 0 Å². The predicted octanol–water partition coefficient (Wildman–Crippen LogP) is 2.96. The minimum Gasteiger partial charge on any atom is -0.303 e. The van der Waals surface area contributed by atoms with E-state index in [0.717, 1.165) is 6.54 Å². The molecule has 0 saturated carbocycles. The second-order valence-corrected chi connectivity index (χ2v) is 6.41. The highest BCUT2D eigenvalue weighted by Gasteiger charge is 2.25. The van der Waals surface area contributed by atoms with Crippen LogP contribution in [0.15, 0.2) is 15.4 Å². The smallest absolute Gasteiger partial charge is 0.103 e. The minimum absolute atomic E-state index is 0.449. The van der Waals surface area contributed by atoms with Crippen LogP contribution in [0, 0.1) is 11.3 Å². The Morgan fingerprint density at radius 3 is 2.47 bits per heavy atom. The summed E-state index contributed by atoms with van der Waals surface area (Å²) in [5, 5.41) is 11.8. The van der Waals surface area contributed by atoms with Crippen LogP contribution in [0.4, 0.5) is 0 Å². The molecule has 0 bridgehead atoms. The topological polar surface area (TPSA) is 40.3 Å². The van der Waals surface area contributed by atoms with Crippen molar-refractivity contribution in [1.82, 2.24) is 4.90 Å². The summed E-state index contributed by atoms with van der Waals surface area (Å²) < 4.78 is 0. The third-order valence-electron chi connectivity index (χ3n) is 3.71. The van der Waals surface area contributed by atoms with Crippen LogP contribution in [0.3, 0.4) is 0 Å². The first-order chi connectivity index (χ1) is 8.04. The second kappa shape index (κ2) is 5.25. The first kappa shape index (κ1) is 12.7. The Labute approximate surface area is 104 Å². The highest BCUT2D eigenvalue weighted by Crippen LogP contribution is 2.24. The van der Waals surface area contributed by atoms with Crippen molar-refractivity contribution in [3.63, 3.8) is 0 Å². The Hall–Kier alpha value is -0.770. The van der Waals surface area contributed by atoms with Gasteiger partial charge in [0.2, 0.25) is 0 Å². The average molecular weight is 236 g/mol. The van der Waals surface area contributed by atoms with E-state index in [1.165, 1.54) is 44.6 Å². The van der Waals surface area contributed by atoms with Crippen LogP contribution in [-0.4, -0.2) is 36.8 Å². The monoisotopic (exact) mass is 236 g/mol. The van der Waals surface area contributed by atoms with Crippen molar-refractivity contribution < 1.29 is 0 Å². The molecule has 0 amide bonds. The number of hydrogen-bond donors (Lipinski definition) is 0. The third-order valence-corrected chi connectivity index (χ3v) is 3.71. The molecule has 0 N–H and O–H groups in total. The first-order valence-electron chi connectivity index (χ1n) is 6.70. The molecule has 0 radical (unpaired) electrons. The Morgan fingerprint density at radius 2 is 1.94 bits per heavy atom. The number of nitrogens with zero attached hydrogens (tertiary/aromatic N) is 4. The van der Waals surface area contributed by atoms with E-state index in [9.17, 15) is 0 Å². The predicted molar refractivity (Wildman–Crippen MR) is 70.4 cm³/mol. The maximum Gasteiger partial charge on any atom is 0.103 e. The largest absolute Gasteiger partial charge is 0.303 e. The molecule has 0 aliphatic carbocycles. The molecule has 0 unspecified atom stereocenters. The summed E-state index contributed by atoms with van der Waals surface area (Å²) in [5.41, 5.74) is 1.66. The Morgan fingerprint density at radius 1 is 1.24 bits per heavy atom. The number of hydrogen-bond acceptors (Lipinski definition) is 4. The molecule has 2 rings (SSSR count). The van der Waals surface area contributed by atoms with Gasteiger partial charge in [0.25, 0.3) is 0 Å². The molecular formula is C13H24N4. The van der Waals surface area contributed by atoms with Crippen molar-refractivity contribution in [2.75, 3.05) is 26.2 Å². The lowest BCUT2D eigenvalue weighted by atomic mass is 9.89. The van der Waals surface area contributed by atoms with Crippen LogP contribution in [0.5, 0.6) is 0 Å². The van der Waals surface area contributed by atoms with Crippen molar-refractivity contribution in [3.05, 3.63) is 0 Å². The molecule has 2 aliphatic heterocycles. The summed E-state index contributed by atoms with van der Waals surface area (Å²) in [7, 11) is 0. The lowest BCUT2D eigenvalue weighted by Gasteiger charge is -2.33. The molecule has 1 fully saturated rings. The second-order valence-electron chi connectivity index (χ2n) is 6.41. The van der Waals surface area contributed by atoms with Gasteiger partial charge in [-0.2, -0.15) is 5.11 Å². The van der Waals surface area contributed by atoms with Crippen LogP contribution < -0.4 is 0 Å². The molecule has 17 heavy (non-hydrogen) atoms.